The monoisotopic (exact) mass is 295 g/mol. The molecule has 23 heavy (non-hydrogen) atoms. The van der Waals surface area contributed by atoms with Crippen LogP contribution in [-0.2, 0) is 0 Å². The van der Waals surface area contributed by atoms with Gasteiger partial charge in [0.15, 0.2) is 0 Å². The third-order valence-corrected chi connectivity index (χ3v) is 4.30. The van der Waals surface area contributed by atoms with Crippen molar-refractivity contribution < 1.29 is 0 Å². The van der Waals surface area contributed by atoms with E-state index < -0.39 is 0 Å². The molecule has 0 aliphatic carbocycles. The van der Waals surface area contributed by atoms with E-state index in [1.807, 2.05) is 18.2 Å². The number of aromatic nitrogens is 1. The van der Waals surface area contributed by atoms with Gasteiger partial charge in [-0.25, -0.2) is 0 Å². The normalized spacial score (nSPS) is 11.0. The van der Waals surface area contributed by atoms with Crippen molar-refractivity contribution in [1.82, 2.24) is 4.57 Å². The lowest BCUT2D eigenvalue weighted by molar-refractivity contribution is 1.18. The molecule has 0 aliphatic heterocycles. The van der Waals surface area contributed by atoms with Gasteiger partial charge >= 0.3 is 0 Å². The van der Waals surface area contributed by atoms with Gasteiger partial charge in [0.2, 0.25) is 0 Å². The maximum absolute atomic E-state index is 3.89. The van der Waals surface area contributed by atoms with E-state index in [1.165, 1.54) is 27.5 Å². The quantitative estimate of drug-likeness (QED) is 0.432. The number of benzene rings is 3. The summed E-state index contributed by atoms with van der Waals surface area (Å²) in [6, 6.07) is 23.5. The fraction of sp³-hybridized carbons (Fsp3) is 0. The highest BCUT2D eigenvalue weighted by molar-refractivity contribution is 6.10. The first kappa shape index (κ1) is 13.6. The molecule has 4 aromatic rings. The van der Waals surface area contributed by atoms with Gasteiger partial charge in [0.05, 0.1) is 11.0 Å². The molecule has 4 rings (SSSR count). The number of hydrogen-bond donors (Lipinski definition) is 0. The Labute approximate surface area is 135 Å². The number of rotatable bonds is 3. The zero-order chi connectivity index (χ0) is 15.8. The van der Waals surface area contributed by atoms with E-state index in [9.17, 15) is 0 Å². The molecular formula is C22H17N. The second-order valence-electron chi connectivity index (χ2n) is 5.63. The van der Waals surface area contributed by atoms with Gasteiger partial charge in [0, 0.05) is 16.5 Å². The molecule has 0 bridgehead atoms. The van der Waals surface area contributed by atoms with Gasteiger partial charge in [0.25, 0.3) is 0 Å². The van der Waals surface area contributed by atoms with Crippen LogP contribution in [0.2, 0.25) is 0 Å². The van der Waals surface area contributed by atoms with Gasteiger partial charge in [-0.2, -0.15) is 0 Å². The minimum Gasteiger partial charge on any atom is -0.309 e. The molecule has 0 N–H and O–H groups in total. The summed E-state index contributed by atoms with van der Waals surface area (Å²) in [4.78, 5) is 0. The largest absolute Gasteiger partial charge is 0.309 e. The molecule has 110 valence electrons. The van der Waals surface area contributed by atoms with Gasteiger partial charge in [-0.3, -0.25) is 0 Å². The standard InChI is InChI=1S/C22H17N/c1-3-16-10-12-21-19(14-16)20-15-17(4-2)11-13-22(20)23(21)18-8-6-5-7-9-18/h3-15H,1-2H2. The Morgan fingerprint density at radius 3 is 1.65 bits per heavy atom. The summed E-state index contributed by atoms with van der Waals surface area (Å²) in [6.45, 7) is 7.79. The molecule has 0 radical (unpaired) electrons. The summed E-state index contributed by atoms with van der Waals surface area (Å²) in [5.41, 5.74) is 5.85. The zero-order valence-corrected chi connectivity index (χ0v) is 12.9. The van der Waals surface area contributed by atoms with Crippen molar-refractivity contribution >= 4 is 34.0 Å². The van der Waals surface area contributed by atoms with Crippen LogP contribution >= 0.6 is 0 Å². The average molecular weight is 295 g/mol. The Balaban J connectivity index is 2.19. The average Bonchev–Trinajstić information content (AvgIpc) is 2.95. The summed E-state index contributed by atoms with van der Waals surface area (Å²) in [7, 11) is 0. The van der Waals surface area contributed by atoms with Crippen LogP contribution in [-0.4, -0.2) is 4.57 Å². The molecule has 1 heteroatoms. The summed E-state index contributed by atoms with van der Waals surface area (Å²) in [5.74, 6) is 0. The molecule has 0 atom stereocenters. The van der Waals surface area contributed by atoms with E-state index in [1.54, 1.807) is 0 Å². The molecule has 0 saturated carbocycles. The van der Waals surface area contributed by atoms with Crippen LogP contribution in [0.3, 0.4) is 0 Å². The van der Waals surface area contributed by atoms with Crippen molar-refractivity contribution in [3.63, 3.8) is 0 Å². The van der Waals surface area contributed by atoms with Crippen LogP contribution in [0.25, 0.3) is 39.6 Å². The van der Waals surface area contributed by atoms with Gasteiger partial charge in [-0.1, -0.05) is 55.6 Å². The fourth-order valence-corrected chi connectivity index (χ4v) is 3.17. The Kier molecular flexibility index (Phi) is 3.13. The van der Waals surface area contributed by atoms with Crippen LogP contribution in [0.15, 0.2) is 79.9 Å². The van der Waals surface area contributed by atoms with Crippen molar-refractivity contribution in [3.05, 3.63) is 91.0 Å². The highest BCUT2D eigenvalue weighted by Gasteiger charge is 2.12. The molecule has 0 saturated heterocycles. The van der Waals surface area contributed by atoms with Crippen molar-refractivity contribution in [2.75, 3.05) is 0 Å². The molecule has 0 amide bonds. The minimum atomic E-state index is 1.13. The molecule has 0 fully saturated rings. The zero-order valence-electron chi connectivity index (χ0n) is 12.9. The predicted octanol–water partition coefficient (Wildman–Crippen LogP) is 6.07. The minimum absolute atomic E-state index is 1.13. The predicted molar refractivity (Wildman–Crippen MR) is 101 cm³/mol. The molecule has 0 spiro atoms. The SMILES string of the molecule is C=Cc1ccc2c(c1)c1cc(C=C)ccc1n2-c1ccccc1. The van der Waals surface area contributed by atoms with Crippen LogP contribution in [0.1, 0.15) is 11.1 Å². The number of fused-ring (bicyclic) bond motifs is 3. The number of nitrogens with zero attached hydrogens (tertiary/aromatic N) is 1. The molecular weight excluding hydrogens is 278 g/mol. The Hall–Kier alpha value is -3.06. The summed E-state index contributed by atoms with van der Waals surface area (Å²) < 4.78 is 2.31. The van der Waals surface area contributed by atoms with Crippen LogP contribution in [0.4, 0.5) is 0 Å². The van der Waals surface area contributed by atoms with E-state index in [0.717, 1.165) is 11.1 Å². The van der Waals surface area contributed by atoms with E-state index in [0.29, 0.717) is 0 Å². The van der Waals surface area contributed by atoms with Crippen molar-refractivity contribution in [3.8, 4) is 5.69 Å². The Bertz CT molecular complexity index is 971. The van der Waals surface area contributed by atoms with Crippen LogP contribution in [0, 0.1) is 0 Å². The summed E-state index contributed by atoms with van der Waals surface area (Å²) in [5, 5.41) is 2.48. The molecule has 0 aliphatic rings. The topological polar surface area (TPSA) is 4.93 Å². The van der Waals surface area contributed by atoms with Crippen molar-refractivity contribution in [2.45, 2.75) is 0 Å². The van der Waals surface area contributed by atoms with Crippen LogP contribution < -0.4 is 0 Å². The second-order valence-corrected chi connectivity index (χ2v) is 5.63. The third-order valence-electron chi connectivity index (χ3n) is 4.30. The first-order valence-electron chi connectivity index (χ1n) is 7.70. The first-order valence-corrected chi connectivity index (χ1v) is 7.70. The van der Waals surface area contributed by atoms with E-state index >= 15 is 0 Å². The lowest BCUT2D eigenvalue weighted by Gasteiger charge is -2.07. The molecule has 3 aromatic carbocycles. The van der Waals surface area contributed by atoms with Gasteiger partial charge in [-0.15, -0.1) is 0 Å². The molecule has 1 aromatic heterocycles. The van der Waals surface area contributed by atoms with E-state index in [4.69, 9.17) is 0 Å². The first-order chi connectivity index (χ1) is 11.3. The second kappa shape index (κ2) is 5.29. The maximum atomic E-state index is 3.89. The number of para-hydroxylation sites is 1. The highest BCUT2D eigenvalue weighted by Crippen LogP contribution is 2.33. The third kappa shape index (κ3) is 2.09. The van der Waals surface area contributed by atoms with E-state index in [2.05, 4.69) is 78.4 Å². The number of hydrogen-bond acceptors (Lipinski definition) is 0. The van der Waals surface area contributed by atoms with Gasteiger partial charge in [-0.05, 0) is 47.5 Å². The van der Waals surface area contributed by atoms with Crippen molar-refractivity contribution in [2.24, 2.45) is 0 Å². The summed E-state index contributed by atoms with van der Waals surface area (Å²) >= 11 is 0. The summed E-state index contributed by atoms with van der Waals surface area (Å²) in [6.07, 6.45) is 3.78. The lowest BCUT2D eigenvalue weighted by Crippen LogP contribution is -1.92. The lowest BCUT2D eigenvalue weighted by atomic mass is 10.1. The van der Waals surface area contributed by atoms with E-state index in [-0.39, 0.29) is 0 Å². The van der Waals surface area contributed by atoms with Crippen LogP contribution in [0.5, 0.6) is 0 Å². The Morgan fingerprint density at radius 2 is 1.17 bits per heavy atom. The van der Waals surface area contributed by atoms with Crippen molar-refractivity contribution in [1.29, 1.82) is 0 Å². The smallest absolute Gasteiger partial charge is 0.0541 e. The molecule has 0 unspecified atom stereocenters. The Morgan fingerprint density at radius 1 is 0.652 bits per heavy atom. The fourth-order valence-electron chi connectivity index (χ4n) is 3.17. The maximum Gasteiger partial charge on any atom is 0.0541 e. The molecule has 1 heterocycles. The highest BCUT2D eigenvalue weighted by atomic mass is 15.0. The molecule has 1 nitrogen and oxygen atoms in total. The van der Waals surface area contributed by atoms with Gasteiger partial charge < -0.3 is 4.57 Å². The van der Waals surface area contributed by atoms with Gasteiger partial charge in [0.1, 0.15) is 0 Å².